The van der Waals surface area contributed by atoms with Crippen LogP contribution < -0.4 is 0 Å². The van der Waals surface area contributed by atoms with Crippen LogP contribution in [0.1, 0.15) is 6.92 Å². The summed E-state index contributed by atoms with van der Waals surface area (Å²) in [5.41, 5.74) is -1.83. The molecule has 1 unspecified atom stereocenters. The lowest BCUT2D eigenvalue weighted by Gasteiger charge is -2.06. The van der Waals surface area contributed by atoms with Crippen molar-refractivity contribution in [2.75, 3.05) is 13.2 Å². The Balaban J connectivity index is 4.12. The van der Waals surface area contributed by atoms with E-state index in [2.05, 4.69) is 4.18 Å². The van der Waals surface area contributed by atoms with Crippen molar-refractivity contribution in [1.29, 1.82) is 0 Å². The van der Waals surface area contributed by atoms with Crippen molar-refractivity contribution in [2.24, 2.45) is 0 Å². The Bertz CT molecular complexity index is 172. The fraction of sp³-hybridized carbons (Fsp3) is 1.00. The smallest absolute Gasteiger partial charge is 0.296 e. The molecule has 6 heteroatoms. The molecule has 5 nitrogen and oxygen atoms in total. The Morgan fingerprint density at radius 2 is 2.10 bits per heavy atom. The first kappa shape index (κ1) is 9.83. The van der Waals surface area contributed by atoms with Crippen molar-refractivity contribution >= 4 is 10.1 Å². The largest absolute Gasteiger partial charge is 0.392 e. The summed E-state index contributed by atoms with van der Waals surface area (Å²) in [6.45, 7) is 0.587. The van der Waals surface area contributed by atoms with E-state index in [1.807, 2.05) is 0 Å². The van der Waals surface area contributed by atoms with Crippen molar-refractivity contribution < 1.29 is 22.8 Å². The maximum absolute atomic E-state index is 10.5. The summed E-state index contributed by atoms with van der Waals surface area (Å²) < 4.78 is 25.2. The summed E-state index contributed by atoms with van der Waals surface area (Å²) in [7, 11) is -3.95. The number of hydrogen-bond donors (Lipinski definition) is 2. The van der Waals surface area contributed by atoms with Crippen LogP contribution in [-0.2, 0) is 14.3 Å². The minimum absolute atomic E-state index is 0.0423. The highest BCUT2D eigenvalue weighted by atomic mass is 32.2. The minimum Gasteiger partial charge on any atom is -0.392 e. The summed E-state index contributed by atoms with van der Waals surface area (Å²) in [6, 6.07) is 0. The molecule has 0 radical (unpaired) electrons. The van der Waals surface area contributed by atoms with E-state index >= 15 is 0 Å². The molecule has 0 bridgehead atoms. The van der Waals surface area contributed by atoms with E-state index in [0.29, 0.717) is 0 Å². The molecule has 10 heavy (non-hydrogen) atoms. The highest BCUT2D eigenvalue weighted by Crippen LogP contribution is 1.98. The van der Waals surface area contributed by atoms with Crippen LogP contribution in [0.25, 0.3) is 0 Å². The molecule has 0 heterocycles. The zero-order valence-corrected chi connectivity index (χ0v) is 6.34. The fourth-order valence-electron chi connectivity index (χ4n) is 0.334. The van der Waals surface area contributed by atoms with Gasteiger partial charge in [-0.3, -0.25) is 4.18 Å². The monoisotopic (exact) mass is 170 g/mol. The first-order valence-corrected chi connectivity index (χ1v) is 4.19. The molecule has 0 aromatic rings. The van der Waals surface area contributed by atoms with Crippen LogP contribution in [0.2, 0.25) is 0 Å². The standard InChI is InChI=1S/C4H10O5S/c1-2-9-10(7,8)4(6)3-5/h4-6H,2-3H2,1H3. The Morgan fingerprint density at radius 1 is 1.60 bits per heavy atom. The van der Waals surface area contributed by atoms with E-state index in [1.54, 1.807) is 0 Å². The fourth-order valence-corrected chi connectivity index (χ4v) is 1.00. The van der Waals surface area contributed by atoms with E-state index in [4.69, 9.17) is 10.2 Å². The average Bonchev–Trinajstić information content (AvgIpc) is 1.86. The Hall–Kier alpha value is -0.170. The van der Waals surface area contributed by atoms with Gasteiger partial charge in [-0.1, -0.05) is 0 Å². The highest BCUT2D eigenvalue weighted by Gasteiger charge is 2.21. The summed E-state index contributed by atoms with van der Waals surface area (Å²) in [5, 5.41) is 16.7. The predicted octanol–water partition coefficient (Wildman–Crippen LogP) is -1.34. The molecule has 0 aromatic carbocycles. The first-order valence-electron chi connectivity index (χ1n) is 2.71. The van der Waals surface area contributed by atoms with Gasteiger partial charge in [-0.25, -0.2) is 0 Å². The molecule has 0 amide bonds. The van der Waals surface area contributed by atoms with Gasteiger partial charge < -0.3 is 10.2 Å². The third kappa shape index (κ3) is 2.61. The number of aliphatic hydroxyl groups excluding tert-OH is 2. The van der Waals surface area contributed by atoms with E-state index in [1.165, 1.54) is 6.92 Å². The maximum atomic E-state index is 10.5. The van der Waals surface area contributed by atoms with Gasteiger partial charge in [0.2, 0.25) is 5.44 Å². The summed E-state index contributed by atoms with van der Waals surface area (Å²) in [5.74, 6) is 0. The van der Waals surface area contributed by atoms with Gasteiger partial charge in [0.25, 0.3) is 10.1 Å². The molecular weight excluding hydrogens is 160 g/mol. The highest BCUT2D eigenvalue weighted by molar-refractivity contribution is 7.87. The topological polar surface area (TPSA) is 83.8 Å². The molecule has 0 aliphatic carbocycles. The van der Waals surface area contributed by atoms with Crippen LogP contribution in [0.5, 0.6) is 0 Å². The number of rotatable bonds is 4. The first-order chi connectivity index (χ1) is 4.54. The third-order valence-electron chi connectivity index (χ3n) is 0.772. The molecule has 2 N–H and O–H groups in total. The van der Waals surface area contributed by atoms with Crippen molar-refractivity contribution in [2.45, 2.75) is 12.4 Å². The molecule has 0 spiro atoms. The van der Waals surface area contributed by atoms with Crippen LogP contribution in [0, 0.1) is 0 Å². The molecule has 0 saturated carbocycles. The van der Waals surface area contributed by atoms with Crippen LogP contribution in [0.4, 0.5) is 0 Å². The molecule has 0 aliphatic heterocycles. The maximum Gasteiger partial charge on any atom is 0.296 e. The van der Waals surface area contributed by atoms with E-state index < -0.39 is 22.2 Å². The van der Waals surface area contributed by atoms with Gasteiger partial charge in [-0.05, 0) is 6.92 Å². The van der Waals surface area contributed by atoms with E-state index in [0.717, 1.165) is 0 Å². The van der Waals surface area contributed by atoms with E-state index in [9.17, 15) is 8.42 Å². The third-order valence-corrected chi connectivity index (χ3v) is 2.15. The zero-order valence-electron chi connectivity index (χ0n) is 5.52. The Kier molecular flexibility index (Phi) is 3.80. The van der Waals surface area contributed by atoms with Crippen molar-refractivity contribution in [3.05, 3.63) is 0 Å². The normalized spacial score (nSPS) is 15.1. The second-order valence-electron chi connectivity index (χ2n) is 1.54. The average molecular weight is 170 g/mol. The van der Waals surface area contributed by atoms with Gasteiger partial charge in [-0.2, -0.15) is 8.42 Å². The van der Waals surface area contributed by atoms with Gasteiger partial charge in [0.05, 0.1) is 13.2 Å². The van der Waals surface area contributed by atoms with Crippen molar-refractivity contribution in [1.82, 2.24) is 0 Å². The second-order valence-corrected chi connectivity index (χ2v) is 3.30. The lowest BCUT2D eigenvalue weighted by atomic mass is 10.8. The number of aliphatic hydroxyl groups is 2. The summed E-state index contributed by atoms with van der Waals surface area (Å²) in [4.78, 5) is 0. The van der Waals surface area contributed by atoms with Gasteiger partial charge in [0.1, 0.15) is 0 Å². The second kappa shape index (κ2) is 3.87. The van der Waals surface area contributed by atoms with E-state index in [-0.39, 0.29) is 6.61 Å². The van der Waals surface area contributed by atoms with Gasteiger partial charge in [0.15, 0.2) is 0 Å². The molecule has 0 saturated heterocycles. The Labute approximate surface area is 59.4 Å². The Morgan fingerprint density at radius 3 is 2.40 bits per heavy atom. The predicted molar refractivity (Wildman–Crippen MR) is 33.6 cm³/mol. The SMILES string of the molecule is CCOS(=O)(=O)C(O)CO. The molecule has 0 aliphatic rings. The number of hydrogen-bond acceptors (Lipinski definition) is 5. The quantitative estimate of drug-likeness (QED) is 0.510. The van der Waals surface area contributed by atoms with Crippen LogP contribution in [0.3, 0.4) is 0 Å². The molecule has 0 fully saturated rings. The lowest BCUT2D eigenvalue weighted by molar-refractivity contribution is 0.138. The summed E-state index contributed by atoms with van der Waals surface area (Å²) in [6.07, 6.45) is 0. The van der Waals surface area contributed by atoms with Crippen LogP contribution >= 0.6 is 0 Å². The molecule has 62 valence electrons. The van der Waals surface area contributed by atoms with Crippen LogP contribution in [-0.4, -0.2) is 37.3 Å². The van der Waals surface area contributed by atoms with Crippen molar-refractivity contribution in [3.63, 3.8) is 0 Å². The molecule has 0 rings (SSSR count). The van der Waals surface area contributed by atoms with Crippen LogP contribution in [0.15, 0.2) is 0 Å². The zero-order chi connectivity index (χ0) is 8.20. The molecular formula is C4H10O5S. The van der Waals surface area contributed by atoms with Crippen molar-refractivity contribution in [3.8, 4) is 0 Å². The van der Waals surface area contributed by atoms with Gasteiger partial charge >= 0.3 is 0 Å². The van der Waals surface area contributed by atoms with Gasteiger partial charge in [-0.15, -0.1) is 0 Å². The molecule has 1 atom stereocenters. The minimum atomic E-state index is -3.95. The van der Waals surface area contributed by atoms with Gasteiger partial charge in [0, 0.05) is 0 Å². The lowest BCUT2D eigenvalue weighted by Crippen LogP contribution is -2.26. The summed E-state index contributed by atoms with van der Waals surface area (Å²) >= 11 is 0. The molecule has 0 aromatic heterocycles.